The van der Waals surface area contributed by atoms with E-state index in [1.54, 1.807) is 48.8 Å². The number of hydrogen-bond donors (Lipinski definition) is 1. The van der Waals surface area contributed by atoms with Crippen molar-refractivity contribution in [2.24, 2.45) is 0 Å². The second-order valence-corrected chi connectivity index (χ2v) is 7.47. The molecule has 0 radical (unpaired) electrons. The number of aromatic nitrogens is 2. The van der Waals surface area contributed by atoms with E-state index in [1.165, 1.54) is 6.92 Å². The van der Waals surface area contributed by atoms with Crippen molar-refractivity contribution in [3.63, 3.8) is 0 Å². The molecular weight excluding hydrogens is 406 g/mol. The molecule has 0 aliphatic rings. The van der Waals surface area contributed by atoms with Gasteiger partial charge in [-0.2, -0.15) is 5.26 Å². The molecule has 1 aromatic carbocycles. The number of unbranched alkanes of at least 4 members (excludes halogenated alkanes) is 2. The van der Waals surface area contributed by atoms with Crippen LogP contribution >= 0.6 is 0 Å². The smallest absolute Gasteiger partial charge is 0.271 e. The van der Waals surface area contributed by atoms with Gasteiger partial charge in [0.25, 0.3) is 5.56 Å². The number of carbonyl (C=O) groups is 1. The molecule has 0 aliphatic carbocycles. The third kappa shape index (κ3) is 4.86. The highest BCUT2D eigenvalue weighted by molar-refractivity contribution is 6.11. The van der Waals surface area contributed by atoms with Crippen molar-refractivity contribution in [1.29, 1.82) is 5.26 Å². The Bertz CT molecular complexity index is 1190. The van der Waals surface area contributed by atoms with Crippen LogP contribution < -0.4 is 10.3 Å². The van der Waals surface area contributed by atoms with Gasteiger partial charge in [-0.25, -0.2) is 0 Å². The Morgan fingerprint density at radius 2 is 1.97 bits per heavy atom. The average molecular weight is 431 g/mol. The summed E-state index contributed by atoms with van der Waals surface area (Å²) in [5, 5.41) is 20.4. The van der Waals surface area contributed by atoms with Gasteiger partial charge in [-0.05, 0) is 54.8 Å². The molecule has 0 spiro atoms. The number of nitriles is 1. The summed E-state index contributed by atoms with van der Waals surface area (Å²) in [6, 6.07) is 11.9. The molecule has 0 bridgehead atoms. The SMILES string of the molecule is CCCCCOc1ccc(C(=O)c2c(C)c(C#N)c(=O)n(Cc3cccnc3)c2O)cc1. The third-order valence-corrected chi connectivity index (χ3v) is 5.22. The second kappa shape index (κ2) is 10.4. The fourth-order valence-corrected chi connectivity index (χ4v) is 3.43. The number of benzene rings is 1. The number of ether oxygens (including phenoxy) is 1. The second-order valence-electron chi connectivity index (χ2n) is 7.47. The predicted molar refractivity (Wildman–Crippen MR) is 120 cm³/mol. The number of aromatic hydroxyl groups is 1. The van der Waals surface area contributed by atoms with Gasteiger partial charge in [0.05, 0.1) is 18.7 Å². The Morgan fingerprint density at radius 3 is 2.59 bits per heavy atom. The van der Waals surface area contributed by atoms with E-state index in [2.05, 4.69) is 11.9 Å². The van der Waals surface area contributed by atoms with Gasteiger partial charge in [-0.1, -0.05) is 25.8 Å². The van der Waals surface area contributed by atoms with Gasteiger partial charge < -0.3 is 9.84 Å². The quantitative estimate of drug-likeness (QED) is 0.406. The Kier molecular flexibility index (Phi) is 7.40. The summed E-state index contributed by atoms with van der Waals surface area (Å²) in [5.41, 5.74) is 0.231. The van der Waals surface area contributed by atoms with Gasteiger partial charge in [-0.3, -0.25) is 19.1 Å². The maximum atomic E-state index is 13.2. The van der Waals surface area contributed by atoms with Gasteiger partial charge in [-0.15, -0.1) is 0 Å². The van der Waals surface area contributed by atoms with Crippen molar-refractivity contribution in [2.75, 3.05) is 6.61 Å². The molecule has 0 saturated heterocycles. The number of hydrogen-bond acceptors (Lipinski definition) is 6. The summed E-state index contributed by atoms with van der Waals surface area (Å²) in [5.74, 6) is -0.299. The normalized spacial score (nSPS) is 10.5. The van der Waals surface area contributed by atoms with E-state index in [1.807, 2.05) is 6.07 Å². The molecule has 0 amide bonds. The molecule has 2 aromatic heterocycles. The first-order valence-corrected chi connectivity index (χ1v) is 10.5. The lowest BCUT2D eigenvalue weighted by molar-refractivity contribution is 0.103. The summed E-state index contributed by atoms with van der Waals surface area (Å²) in [4.78, 5) is 30.0. The largest absolute Gasteiger partial charge is 0.494 e. The Morgan fingerprint density at radius 1 is 1.22 bits per heavy atom. The maximum Gasteiger partial charge on any atom is 0.271 e. The van der Waals surface area contributed by atoms with Crippen molar-refractivity contribution in [3.05, 3.63) is 87.0 Å². The highest BCUT2D eigenvalue weighted by Gasteiger charge is 2.25. The lowest BCUT2D eigenvalue weighted by atomic mass is 9.97. The van der Waals surface area contributed by atoms with Crippen LogP contribution in [0.2, 0.25) is 0 Å². The van der Waals surface area contributed by atoms with E-state index in [0.717, 1.165) is 23.8 Å². The van der Waals surface area contributed by atoms with Crippen LogP contribution in [0.25, 0.3) is 0 Å². The van der Waals surface area contributed by atoms with Crippen molar-refractivity contribution >= 4 is 5.78 Å². The van der Waals surface area contributed by atoms with Crippen LogP contribution in [0.15, 0.2) is 53.6 Å². The van der Waals surface area contributed by atoms with E-state index in [0.29, 0.717) is 23.5 Å². The summed E-state index contributed by atoms with van der Waals surface area (Å²) >= 11 is 0. The molecule has 1 N–H and O–H groups in total. The van der Waals surface area contributed by atoms with Crippen molar-refractivity contribution < 1.29 is 14.6 Å². The van der Waals surface area contributed by atoms with Crippen LogP contribution in [0, 0.1) is 18.3 Å². The molecule has 32 heavy (non-hydrogen) atoms. The fourth-order valence-electron chi connectivity index (χ4n) is 3.43. The van der Waals surface area contributed by atoms with Crippen molar-refractivity contribution in [3.8, 4) is 17.7 Å². The molecule has 3 rings (SSSR count). The fraction of sp³-hybridized carbons (Fsp3) is 0.280. The minimum atomic E-state index is -0.654. The van der Waals surface area contributed by atoms with Crippen LogP contribution in [0.5, 0.6) is 11.6 Å². The van der Waals surface area contributed by atoms with Gasteiger partial charge in [0, 0.05) is 18.0 Å². The number of rotatable bonds is 9. The lowest BCUT2D eigenvalue weighted by Crippen LogP contribution is -2.27. The van der Waals surface area contributed by atoms with Gasteiger partial charge in [0.15, 0.2) is 5.78 Å². The van der Waals surface area contributed by atoms with Crippen LogP contribution in [0.4, 0.5) is 0 Å². The number of nitrogens with zero attached hydrogens (tertiary/aromatic N) is 3. The molecule has 0 saturated carbocycles. The number of pyridine rings is 2. The maximum absolute atomic E-state index is 13.2. The van der Waals surface area contributed by atoms with Crippen LogP contribution in [0.3, 0.4) is 0 Å². The summed E-state index contributed by atoms with van der Waals surface area (Å²) in [7, 11) is 0. The Labute approximate surface area is 186 Å². The standard InChI is InChI=1S/C25H25N3O4/c1-3-4-5-13-32-20-10-8-19(9-11-20)23(29)22-17(2)21(14-26)24(30)28(25(22)31)16-18-7-6-12-27-15-18/h6-12,15,31H,3-5,13,16H2,1-2H3. The minimum Gasteiger partial charge on any atom is -0.494 e. The predicted octanol–water partition coefficient (Wildman–Crippen LogP) is 3.98. The first kappa shape index (κ1) is 22.8. The molecular formula is C25H25N3O4. The summed E-state index contributed by atoms with van der Waals surface area (Å²) < 4.78 is 6.71. The third-order valence-electron chi connectivity index (χ3n) is 5.22. The van der Waals surface area contributed by atoms with E-state index < -0.39 is 17.2 Å². The average Bonchev–Trinajstić information content (AvgIpc) is 2.81. The molecule has 3 aromatic rings. The minimum absolute atomic E-state index is 0.0156. The molecule has 2 heterocycles. The van der Waals surface area contributed by atoms with Gasteiger partial charge in [0.1, 0.15) is 17.4 Å². The van der Waals surface area contributed by atoms with E-state index in [9.17, 15) is 20.0 Å². The molecule has 7 heteroatoms. The van der Waals surface area contributed by atoms with Gasteiger partial charge in [0.2, 0.25) is 5.88 Å². The number of carbonyl (C=O) groups excluding carboxylic acids is 1. The monoisotopic (exact) mass is 431 g/mol. The molecule has 0 aliphatic heterocycles. The zero-order valence-corrected chi connectivity index (χ0v) is 18.2. The lowest BCUT2D eigenvalue weighted by Gasteiger charge is -2.16. The number of ketones is 1. The first-order chi connectivity index (χ1) is 15.5. The zero-order valence-electron chi connectivity index (χ0n) is 18.2. The van der Waals surface area contributed by atoms with Crippen LogP contribution in [0.1, 0.15) is 58.8 Å². The Balaban J connectivity index is 1.96. The van der Waals surface area contributed by atoms with Crippen molar-refractivity contribution in [2.45, 2.75) is 39.7 Å². The molecule has 0 fully saturated rings. The topological polar surface area (TPSA) is 105 Å². The van der Waals surface area contributed by atoms with E-state index in [-0.39, 0.29) is 23.2 Å². The van der Waals surface area contributed by atoms with E-state index >= 15 is 0 Å². The van der Waals surface area contributed by atoms with Crippen LogP contribution in [-0.4, -0.2) is 27.0 Å². The van der Waals surface area contributed by atoms with Crippen molar-refractivity contribution in [1.82, 2.24) is 9.55 Å². The molecule has 0 atom stereocenters. The van der Waals surface area contributed by atoms with Crippen LogP contribution in [-0.2, 0) is 6.54 Å². The molecule has 0 unspecified atom stereocenters. The highest BCUT2D eigenvalue weighted by atomic mass is 16.5. The first-order valence-electron chi connectivity index (χ1n) is 10.5. The zero-order chi connectivity index (χ0) is 23.1. The highest BCUT2D eigenvalue weighted by Crippen LogP contribution is 2.26. The molecule has 164 valence electrons. The van der Waals surface area contributed by atoms with Gasteiger partial charge >= 0.3 is 0 Å². The Hall–Kier alpha value is -3.92. The van der Waals surface area contributed by atoms with E-state index in [4.69, 9.17) is 4.74 Å². The summed E-state index contributed by atoms with van der Waals surface area (Å²) in [6.07, 6.45) is 6.30. The summed E-state index contributed by atoms with van der Waals surface area (Å²) in [6.45, 7) is 4.20. The molecule has 7 nitrogen and oxygen atoms in total.